The number of nitrogens with zero attached hydrogens (tertiary/aromatic N) is 3. The Morgan fingerprint density at radius 3 is 2.78 bits per heavy atom. The zero-order chi connectivity index (χ0) is 19.2. The maximum atomic E-state index is 9.93. The molecular formula is C21H28ClN3O2. The molecule has 1 aliphatic rings. The highest BCUT2D eigenvalue weighted by atomic mass is 35.5. The van der Waals surface area contributed by atoms with Crippen molar-refractivity contribution in [1.82, 2.24) is 14.8 Å². The Morgan fingerprint density at radius 1 is 1.30 bits per heavy atom. The number of methoxy groups -OCH3 is 1. The van der Waals surface area contributed by atoms with Gasteiger partial charge in [0.15, 0.2) is 11.5 Å². The Kier molecular flexibility index (Phi) is 6.94. The molecule has 1 aromatic heterocycles. The molecule has 0 radical (unpaired) electrons. The third-order valence-corrected chi connectivity index (χ3v) is 5.54. The van der Waals surface area contributed by atoms with Gasteiger partial charge in [-0.2, -0.15) is 0 Å². The fourth-order valence-electron chi connectivity index (χ4n) is 3.83. The van der Waals surface area contributed by atoms with Crippen LogP contribution in [0.5, 0.6) is 11.5 Å². The normalized spacial score (nSPS) is 18.0. The van der Waals surface area contributed by atoms with Crippen molar-refractivity contribution in [2.24, 2.45) is 0 Å². The monoisotopic (exact) mass is 389 g/mol. The van der Waals surface area contributed by atoms with Gasteiger partial charge in [0.1, 0.15) is 0 Å². The van der Waals surface area contributed by atoms with E-state index in [9.17, 15) is 5.11 Å². The lowest BCUT2D eigenvalue weighted by Crippen LogP contribution is -2.47. The van der Waals surface area contributed by atoms with Crippen molar-refractivity contribution in [1.29, 1.82) is 0 Å². The van der Waals surface area contributed by atoms with Crippen LogP contribution < -0.4 is 4.74 Å². The van der Waals surface area contributed by atoms with Gasteiger partial charge in [-0.3, -0.25) is 14.8 Å². The van der Waals surface area contributed by atoms with Crippen molar-refractivity contribution in [3.05, 3.63) is 52.8 Å². The molecule has 146 valence electrons. The average molecular weight is 390 g/mol. The summed E-state index contributed by atoms with van der Waals surface area (Å²) in [4.78, 5) is 9.12. The molecule has 0 aliphatic carbocycles. The number of ether oxygens (including phenoxy) is 1. The van der Waals surface area contributed by atoms with Gasteiger partial charge in [-0.1, -0.05) is 18.5 Å². The van der Waals surface area contributed by atoms with Crippen LogP contribution in [0.3, 0.4) is 0 Å². The van der Waals surface area contributed by atoms with Gasteiger partial charge in [0.05, 0.1) is 12.1 Å². The largest absolute Gasteiger partial charge is 0.503 e. The molecule has 0 bridgehead atoms. The molecule has 1 atom stereocenters. The molecule has 6 heteroatoms. The molecule has 27 heavy (non-hydrogen) atoms. The summed E-state index contributed by atoms with van der Waals surface area (Å²) >= 11 is 6.15. The first-order chi connectivity index (χ1) is 13.1. The molecule has 1 N–H and O–H groups in total. The Bertz CT molecular complexity index is 742. The van der Waals surface area contributed by atoms with Crippen molar-refractivity contribution in [3.63, 3.8) is 0 Å². The predicted octanol–water partition coefficient (Wildman–Crippen LogP) is 3.94. The smallest absolute Gasteiger partial charge is 0.176 e. The molecule has 1 aromatic carbocycles. The van der Waals surface area contributed by atoms with Gasteiger partial charge in [-0.05, 0) is 61.3 Å². The van der Waals surface area contributed by atoms with Crippen molar-refractivity contribution in [3.8, 4) is 11.5 Å². The van der Waals surface area contributed by atoms with Crippen LogP contribution in [0, 0.1) is 0 Å². The van der Waals surface area contributed by atoms with Gasteiger partial charge >= 0.3 is 0 Å². The predicted molar refractivity (Wildman–Crippen MR) is 108 cm³/mol. The minimum atomic E-state index is 0.00828. The molecule has 0 saturated carbocycles. The summed E-state index contributed by atoms with van der Waals surface area (Å²) in [5.74, 6) is 0.438. The lowest BCUT2D eigenvalue weighted by molar-refractivity contribution is 0.0917. The molecular weight excluding hydrogens is 362 g/mol. The summed E-state index contributed by atoms with van der Waals surface area (Å²) in [6.07, 6.45) is 6.12. The third-order valence-electron chi connectivity index (χ3n) is 5.25. The summed E-state index contributed by atoms with van der Waals surface area (Å²) in [5.41, 5.74) is 2.37. The van der Waals surface area contributed by atoms with Crippen LogP contribution in [-0.2, 0) is 13.1 Å². The highest BCUT2D eigenvalue weighted by Gasteiger charge is 2.25. The van der Waals surface area contributed by atoms with Crippen LogP contribution in [0.4, 0.5) is 0 Å². The number of rotatable bonds is 7. The van der Waals surface area contributed by atoms with E-state index in [0.717, 1.165) is 38.3 Å². The van der Waals surface area contributed by atoms with Gasteiger partial charge < -0.3 is 9.84 Å². The van der Waals surface area contributed by atoms with E-state index in [1.54, 1.807) is 7.11 Å². The first-order valence-electron chi connectivity index (χ1n) is 9.51. The number of likely N-dealkylation sites (tertiary alicyclic amines) is 1. The molecule has 0 spiro atoms. The number of halogens is 1. The number of benzene rings is 1. The first kappa shape index (κ1) is 19.9. The van der Waals surface area contributed by atoms with E-state index in [1.165, 1.54) is 18.4 Å². The lowest BCUT2D eigenvalue weighted by atomic mass is 10.0. The molecule has 3 rings (SSSR count). The number of aromatic nitrogens is 1. The highest BCUT2D eigenvalue weighted by Crippen LogP contribution is 2.35. The number of pyridine rings is 1. The number of phenols is 1. The second-order valence-corrected chi connectivity index (χ2v) is 7.49. The quantitative estimate of drug-likeness (QED) is 0.777. The van der Waals surface area contributed by atoms with E-state index >= 15 is 0 Å². The number of phenolic OH excluding ortho intramolecular Hbond substituents is 1. The van der Waals surface area contributed by atoms with Crippen LogP contribution in [0.15, 0.2) is 36.7 Å². The van der Waals surface area contributed by atoms with E-state index in [1.807, 2.05) is 24.5 Å². The van der Waals surface area contributed by atoms with Crippen LogP contribution >= 0.6 is 11.6 Å². The number of aromatic hydroxyl groups is 1. The Morgan fingerprint density at radius 2 is 2.07 bits per heavy atom. The van der Waals surface area contributed by atoms with E-state index < -0.39 is 0 Å². The molecule has 0 amide bonds. The maximum Gasteiger partial charge on any atom is 0.176 e. The summed E-state index contributed by atoms with van der Waals surface area (Å²) in [6.45, 7) is 7.12. The van der Waals surface area contributed by atoms with Crippen molar-refractivity contribution in [2.45, 2.75) is 38.9 Å². The van der Waals surface area contributed by atoms with Gasteiger partial charge in [0.25, 0.3) is 0 Å². The van der Waals surface area contributed by atoms with Crippen LogP contribution in [0.2, 0.25) is 5.02 Å². The van der Waals surface area contributed by atoms with Crippen LogP contribution in [0.25, 0.3) is 0 Å². The fraction of sp³-hybridized carbons (Fsp3) is 0.476. The minimum Gasteiger partial charge on any atom is -0.503 e. The fourth-order valence-corrected chi connectivity index (χ4v) is 4.06. The van der Waals surface area contributed by atoms with Gasteiger partial charge in [-0.25, -0.2) is 0 Å². The summed E-state index contributed by atoms with van der Waals surface area (Å²) in [7, 11) is 1.55. The molecule has 1 aliphatic heterocycles. The summed E-state index contributed by atoms with van der Waals surface area (Å²) in [6, 6.07) is 8.42. The molecule has 1 saturated heterocycles. The molecule has 5 nitrogen and oxygen atoms in total. The first-order valence-corrected chi connectivity index (χ1v) is 9.89. The van der Waals surface area contributed by atoms with Crippen LogP contribution in [0.1, 0.15) is 30.9 Å². The van der Waals surface area contributed by atoms with Crippen molar-refractivity contribution < 1.29 is 9.84 Å². The van der Waals surface area contributed by atoms with Gasteiger partial charge in [0.2, 0.25) is 0 Å². The van der Waals surface area contributed by atoms with Crippen molar-refractivity contribution >= 4 is 11.6 Å². The minimum absolute atomic E-state index is 0.00828. The van der Waals surface area contributed by atoms with Gasteiger partial charge in [0, 0.05) is 38.1 Å². The second kappa shape index (κ2) is 9.40. The summed E-state index contributed by atoms with van der Waals surface area (Å²) in [5, 5.41) is 10.3. The van der Waals surface area contributed by atoms with E-state index in [2.05, 4.69) is 33.8 Å². The number of hydrogen-bond acceptors (Lipinski definition) is 5. The Hall–Kier alpha value is -1.82. The zero-order valence-electron chi connectivity index (χ0n) is 16.1. The standard InChI is InChI=1S/C21H28ClN3O2/c1-3-25(14-16-6-8-23-9-7-16)18-5-4-10-24(15-18)13-17-11-19(22)21(26)20(12-17)27-2/h6-9,11-12,18,26H,3-5,10,13-15H2,1-2H3. The van der Waals surface area contributed by atoms with Gasteiger partial charge in [-0.15, -0.1) is 0 Å². The number of likely N-dealkylation sites (N-methyl/N-ethyl adjacent to an activating group) is 1. The summed E-state index contributed by atoms with van der Waals surface area (Å²) < 4.78 is 5.23. The maximum absolute atomic E-state index is 9.93. The molecule has 2 aromatic rings. The van der Waals surface area contributed by atoms with E-state index in [4.69, 9.17) is 16.3 Å². The SMILES string of the molecule is CCN(Cc1ccncc1)C1CCCN(Cc2cc(Cl)c(O)c(OC)c2)C1. The van der Waals surface area contributed by atoms with Crippen molar-refractivity contribution in [2.75, 3.05) is 26.7 Å². The van der Waals surface area contributed by atoms with E-state index in [0.29, 0.717) is 16.8 Å². The number of hydrogen-bond donors (Lipinski definition) is 1. The number of piperidine rings is 1. The highest BCUT2D eigenvalue weighted by molar-refractivity contribution is 6.32. The van der Waals surface area contributed by atoms with E-state index in [-0.39, 0.29) is 5.75 Å². The molecule has 1 fully saturated rings. The zero-order valence-corrected chi connectivity index (χ0v) is 16.8. The Labute approximate surface area is 166 Å². The Balaban J connectivity index is 1.66. The molecule has 1 unspecified atom stereocenters. The second-order valence-electron chi connectivity index (χ2n) is 7.08. The third kappa shape index (κ3) is 5.12. The average Bonchev–Trinajstić information content (AvgIpc) is 2.69. The topological polar surface area (TPSA) is 48.8 Å². The molecule has 2 heterocycles. The lowest BCUT2D eigenvalue weighted by Gasteiger charge is -2.39. The van der Waals surface area contributed by atoms with Crippen LogP contribution in [-0.4, -0.2) is 52.7 Å².